The Bertz CT molecular complexity index is 1150. The second-order valence-corrected chi connectivity index (χ2v) is 11.2. The monoisotopic (exact) mass is 565 g/mol. The van der Waals surface area contributed by atoms with Gasteiger partial charge in [-0.3, -0.25) is 14.1 Å². The van der Waals surface area contributed by atoms with Gasteiger partial charge in [-0.1, -0.05) is 44.9 Å². The van der Waals surface area contributed by atoms with Gasteiger partial charge in [-0.15, -0.1) is 0 Å². The summed E-state index contributed by atoms with van der Waals surface area (Å²) < 4.78 is 37.7. The molecule has 0 radical (unpaired) electrons. The number of nitrogens with one attached hydrogen (secondary N) is 1. The molecule has 1 aromatic heterocycles. The zero-order valence-corrected chi connectivity index (χ0v) is 23.5. The lowest BCUT2D eigenvalue weighted by molar-refractivity contribution is -0.765. The summed E-state index contributed by atoms with van der Waals surface area (Å²) in [5, 5.41) is 23.9. The fourth-order valence-electron chi connectivity index (χ4n) is 3.99. The molecule has 1 fully saturated rings. The van der Waals surface area contributed by atoms with Crippen LogP contribution in [0.25, 0.3) is 0 Å². The first kappa shape index (κ1) is 30.9. The van der Waals surface area contributed by atoms with Crippen molar-refractivity contribution in [1.29, 1.82) is 0 Å². The van der Waals surface area contributed by atoms with E-state index >= 15 is 0 Å². The summed E-state index contributed by atoms with van der Waals surface area (Å²) in [5.41, 5.74) is 0.400. The van der Waals surface area contributed by atoms with E-state index < -0.39 is 50.9 Å². The summed E-state index contributed by atoms with van der Waals surface area (Å²) in [5.74, 6) is -0.334. The molecule has 1 aliphatic heterocycles. The van der Waals surface area contributed by atoms with Gasteiger partial charge < -0.3 is 24.2 Å². The van der Waals surface area contributed by atoms with Gasteiger partial charge in [0.15, 0.2) is 24.3 Å². The molecule has 2 heterocycles. The van der Waals surface area contributed by atoms with Gasteiger partial charge in [0.25, 0.3) is 6.23 Å². The van der Waals surface area contributed by atoms with Crippen molar-refractivity contribution in [3.8, 4) is 5.75 Å². The first-order valence-electron chi connectivity index (χ1n) is 13.0. The molecule has 1 aromatic carbocycles. The van der Waals surface area contributed by atoms with Crippen molar-refractivity contribution < 1.29 is 47.5 Å². The maximum absolute atomic E-state index is 13.8. The molecular formula is C27H38N2O9P+. The SMILES string of the molecule is CCC(CC)COC(=O)C(C)NP(=O)(OC[C@H]1O[C@@H]([n+]2cccc(C(C)=O)c2)[C@H](O)[C@@H]1O)Oc1ccccc1. The van der Waals surface area contributed by atoms with E-state index in [9.17, 15) is 24.4 Å². The van der Waals surface area contributed by atoms with Crippen molar-refractivity contribution in [3.05, 3.63) is 60.4 Å². The molecule has 2 aromatic rings. The van der Waals surface area contributed by atoms with Crippen molar-refractivity contribution in [3.63, 3.8) is 0 Å². The molecule has 1 saturated heterocycles. The minimum absolute atomic E-state index is 0.171. The maximum Gasteiger partial charge on any atom is 0.459 e. The van der Waals surface area contributed by atoms with Crippen LogP contribution in [-0.2, 0) is 23.4 Å². The maximum atomic E-state index is 13.8. The summed E-state index contributed by atoms with van der Waals surface area (Å²) in [6.07, 6.45) is -0.0406. The second kappa shape index (κ2) is 14.1. The minimum Gasteiger partial charge on any atom is -0.464 e. The Morgan fingerprint density at radius 1 is 1.10 bits per heavy atom. The van der Waals surface area contributed by atoms with Crippen molar-refractivity contribution in [2.24, 2.45) is 5.92 Å². The van der Waals surface area contributed by atoms with Crippen LogP contribution < -0.4 is 14.2 Å². The first-order chi connectivity index (χ1) is 18.6. The average Bonchev–Trinajstić information content (AvgIpc) is 3.21. The zero-order chi connectivity index (χ0) is 28.6. The van der Waals surface area contributed by atoms with Crippen LogP contribution in [0.3, 0.4) is 0 Å². The van der Waals surface area contributed by atoms with E-state index in [0.29, 0.717) is 5.56 Å². The number of pyridine rings is 1. The van der Waals surface area contributed by atoms with Crippen molar-refractivity contribution in [2.75, 3.05) is 13.2 Å². The number of rotatable bonds is 14. The highest BCUT2D eigenvalue weighted by Gasteiger charge is 2.49. The van der Waals surface area contributed by atoms with E-state index in [1.54, 1.807) is 48.7 Å². The number of ketones is 1. The highest BCUT2D eigenvalue weighted by Crippen LogP contribution is 2.45. The Balaban J connectivity index is 1.71. The van der Waals surface area contributed by atoms with Gasteiger partial charge in [-0.2, -0.15) is 9.65 Å². The number of hydrogen-bond donors (Lipinski definition) is 3. The molecule has 0 bridgehead atoms. The number of aliphatic hydroxyl groups excluding tert-OH is 2. The van der Waals surface area contributed by atoms with Gasteiger partial charge in [0.05, 0.1) is 18.8 Å². The molecule has 3 rings (SSSR count). The van der Waals surface area contributed by atoms with E-state index in [-0.39, 0.29) is 24.1 Å². The van der Waals surface area contributed by atoms with Crippen LogP contribution in [0.5, 0.6) is 5.75 Å². The number of benzene rings is 1. The van der Waals surface area contributed by atoms with Gasteiger partial charge in [0, 0.05) is 6.07 Å². The molecule has 0 spiro atoms. The second-order valence-electron chi connectivity index (χ2n) is 9.50. The molecule has 2 unspecified atom stereocenters. The smallest absolute Gasteiger partial charge is 0.459 e. The molecule has 214 valence electrons. The number of hydrogen-bond acceptors (Lipinski definition) is 9. The predicted molar refractivity (Wildman–Crippen MR) is 141 cm³/mol. The molecule has 0 amide bonds. The van der Waals surface area contributed by atoms with E-state index in [1.165, 1.54) is 24.6 Å². The molecule has 1 aliphatic rings. The molecule has 0 aliphatic carbocycles. The summed E-state index contributed by atoms with van der Waals surface area (Å²) in [6, 6.07) is 10.5. The Hall–Kier alpha value is -2.66. The van der Waals surface area contributed by atoms with Crippen LogP contribution >= 0.6 is 7.75 Å². The summed E-state index contributed by atoms with van der Waals surface area (Å²) >= 11 is 0. The largest absolute Gasteiger partial charge is 0.464 e. The average molecular weight is 566 g/mol. The number of nitrogens with zero attached hydrogens (tertiary/aromatic N) is 1. The fourth-order valence-corrected chi connectivity index (χ4v) is 5.50. The zero-order valence-electron chi connectivity index (χ0n) is 22.6. The quantitative estimate of drug-likeness (QED) is 0.135. The van der Waals surface area contributed by atoms with Gasteiger partial charge in [0.1, 0.15) is 24.0 Å². The summed E-state index contributed by atoms with van der Waals surface area (Å²) in [6.45, 7) is 6.73. The Morgan fingerprint density at radius 3 is 2.44 bits per heavy atom. The lowest BCUT2D eigenvalue weighted by atomic mass is 10.1. The van der Waals surface area contributed by atoms with Gasteiger partial charge in [0.2, 0.25) is 0 Å². The number of carbonyl (C=O) groups is 2. The molecule has 39 heavy (non-hydrogen) atoms. The molecule has 3 N–H and O–H groups in total. The number of ether oxygens (including phenoxy) is 2. The summed E-state index contributed by atoms with van der Waals surface area (Å²) in [7, 11) is -4.20. The third-order valence-electron chi connectivity index (χ3n) is 6.56. The van der Waals surface area contributed by atoms with E-state index in [0.717, 1.165) is 12.8 Å². The molecule has 11 nitrogen and oxygen atoms in total. The molecular weight excluding hydrogens is 527 g/mol. The van der Waals surface area contributed by atoms with Crippen molar-refractivity contribution >= 4 is 19.5 Å². The van der Waals surface area contributed by atoms with Crippen molar-refractivity contribution in [2.45, 2.75) is 71.1 Å². The Kier molecular flexibility index (Phi) is 11.2. The van der Waals surface area contributed by atoms with Crippen LogP contribution in [0.15, 0.2) is 54.9 Å². The molecule has 0 saturated carbocycles. The first-order valence-corrected chi connectivity index (χ1v) is 14.6. The number of carbonyl (C=O) groups excluding carboxylic acids is 2. The lowest BCUT2D eigenvalue weighted by Gasteiger charge is -2.24. The minimum atomic E-state index is -4.20. The predicted octanol–water partition coefficient (Wildman–Crippen LogP) is 2.96. The number of esters is 1. The standard InChI is InChI=1S/C27H38N2O9P/c1-5-20(6-2)16-35-27(33)18(3)28-39(34,38-22-12-8-7-9-13-22)36-17-23-24(31)25(32)26(37-23)29-14-10-11-21(15-29)19(4)30/h7-15,18,20,23-26,31-32H,5-6,16-17H2,1-4H3,(H,28,34)/q+1/t18?,23-,24-,25-,26-,39?/m1/s1. The highest BCUT2D eigenvalue weighted by atomic mass is 31.2. The topological polar surface area (TPSA) is 144 Å². The fraction of sp³-hybridized carbons (Fsp3) is 0.519. The number of aliphatic hydroxyl groups is 2. The van der Waals surface area contributed by atoms with Crippen LogP contribution in [0, 0.1) is 5.92 Å². The number of aromatic nitrogens is 1. The van der Waals surface area contributed by atoms with Gasteiger partial charge in [-0.25, -0.2) is 4.57 Å². The van der Waals surface area contributed by atoms with Crippen molar-refractivity contribution in [1.82, 2.24) is 5.09 Å². The highest BCUT2D eigenvalue weighted by molar-refractivity contribution is 7.52. The third kappa shape index (κ3) is 8.41. The van der Waals surface area contributed by atoms with E-state index in [2.05, 4.69) is 5.09 Å². The normalized spacial score (nSPS) is 23.3. The van der Waals surface area contributed by atoms with Gasteiger partial charge in [-0.05, 0) is 38.0 Å². The summed E-state index contributed by atoms with van der Waals surface area (Å²) in [4.78, 5) is 24.4. The Labute approximate surface area is 228 Å². The lowest BCUT2D eigenvalue weighted by Crippen LogP contribution is -2.46. The van der Waals surface area contributed by atoms with Gasteiger partial charge >= 0.3 is 13.7 Å². The Morgan fingerprint density at radius 2 is 1.79 bits per heavy atom. The van der Waals surface area contributed by atoms with Crippen LogP contribution in [0.4, 0.5) is 0 Å². The van der Waals surface area contributed by atoms with E-state index in [1.807, 2.05) is 13.8 Å². The number of Topliss-reactive ketones (excluding diaryl/α,β-unsaturated/α-hetero) is 1. The van der Waals surface area contributed by atoms with Crippen LogP contribution in [0.2, 0.25) is 0 Å². The number of para-hydroxylation sites is 1. The third-order valence-corrected chi connectivity index (χ3v) is 8.20. The molecule has 6 atom stereocenters. The molecule has 12 heteroatoms. The van der Waals surface area contributed by atoms with Crippen LogP contribution in [0.1, 0.15) is 57.1 Å². The van der Waals surface area contributed by atoms with E-state index in [4.69, 9.17) is 18.5 Å². The van der Waals surface area contributed by atoms with Crippen LogP contribution in [-0.4, -0.2) is 59.5 Å².